The number of aromatic hydroxyl groups is 1. The molecule has 0 aromatic heterocycles. The molecule has 0 bridgehead atoms. The van der Waals surface area contributed by atoms with Crippen LogP contribution < -0.4 is 51.4 Å². The van der Waals surface area contributed by atoms with E-state index in [-0.39, 0.29) is 62.9 Å². The fraction of sp³-hybridized carbons (Fsp3) is 0.400. The quantitative estimate of drug-likeness (QED) is 0.536. The van der Waals surface area contributed by atoms with Crippen molar-refractivity contribution in [2.24, 2.45) is 0 Å². The summed E-state index contributed by atoms with van der Waals surface area (Å²) in [4.78, 5) is -0.506. The number of aryl methyl sites for hydroxylation is 1. The summed E-state index contributed by atoms with van der Waals surface area (Å²) in [5, 5.41) is 9.70. The van der Waals surface area contributed by atoms with Crippen molar-refractivity contribution in [3.8, 4) is 5.75 Å². The Bertz CT molecular complexity index is 480. The van der Waals surface area contributed by atoms with E-state index >= 15 is 0 Å². The van der Waals surface area contributed by atoms with Gasteiger partial charge in [0.2, 0.25) is 0 Å². The summed E-state index contributed by atoms with van der Waals surface area (Å²) in [6.45, 7) is 5.10. The Kier molecular flexibility index (Phi) is 6.16. The Morgan fingerprint density at radius 3 is 2.19 bits per heavy atom. The first-order chi connectivity index (χ1) is 6.75. The minimum Gasteiger partial charge on any atom is -0.744 e. The van der Waals surface area contributed by atoms with Gasteiger partial charge < -0.3 is 9.66 Å². The van der Waals surface area contributed by atoms with Crippen molar-refractivity contribution in [1.29, 1.82) is 0 Å². The molecule has 6 heteroatoms. The Balaban J connectivity index is 0.00000225. The normalized spacial score (nSPS) is 11.3. The number of benzene rings is 1. The van der Waals surface area contributed by atoms with Crippen molar-refractivity contribution in [3.05, 3.63) is 23.3 Å². The summed E-state index contributed by atoms with van der Waals surface area (Å²) in [5.74, 6) is -0.453. The van der Waals surface area contributed by atoms with Gasteiger partial charge in [0.25, 0.3) is 0 Å². The maximum absolute atomic E-state index is 10.9. The van der Waals surface area contributed by atoms with E-state index in [1.807, 2.05) is 13.8 Å². The van der Waals surface area contributed by atoms with E-state index in [1.165, 1.54) is 13.0 Å². The van der Waals surface area contributed by atoms with Gasteiger partial charge in [-0.05, 0) is 24.0 Å². The van der Waals surface area contributed by atoms with Crippen LogP contribution in [0.1, 0.15) is 30.9 Å². The molecular formula is C10H13KO4S. The fourth-order valence-electron chi connectivity index (χ4n) is 1.47. The fourth-order valence-corrected chi connectivity index (χ4v) is 2.29. The smallest absolute Gasteiger partial charge is 0.744 e. The molecule has 0 saturated heterocycles. The first-order valence-electron chi connectivity index (χ1n) is 4.53. The first-order valence-corrected chi connectivity index (χ1v) is 5.94. The van der Waals surface area contributed by atoms with Crippen LogP contribution in [0.5, 0.6) is 5.75 Å². The monoisotopic (exact) mass is 268 g/mol. The van der Waals surface area contributed by atoms with Crippen molar-refractivity contribution in [1.82, 2.24) is 0 Å². The Morgan fingerprint density at radius 2 is 1.81 bits per heavy atom. The average molecular weight is 268 g/mol. The molecule has 0 saturated carbocycles. The third-order valence-electron chi connectivity index (χ3n) is 2.23. The molecule has 1 aromatic rings. The Morgan fingerprint density at radius 1 is 1.31 bits per heavy atom. The van der Waals surface area contributed by atoms with Crippen LogP contribution in [0.3, 0.4) is 0 Å². The second-order valence-electron chi connectivity index (χ2n) is 3.76. The van der Waals surface area contributed by atoms with Crippen LogP contribution in [0.4, 0.5) is 0 Å². The zero-order valence-corrected chi connectivity index (χ0v) is 13.8. The average Bonchev–Trinajstić information content (AvgIpc) is 2.00. The molecule has 0 spiro atoms. The molecule has 0 amide bonds. The van der Waals surface area contributed by atoms with Crippen molar-refractivity contribution >= 4 is 10.1 Å². The van der Waals surface area contributed by atoms with E-state index < -0.39 is 20.8 Å². The number of phenols is 1. The maximum atomic E-state index is 10.9. The van der Waals surface area contributed by atoms with Gasteiger partial charge in [-0.2, -0.15) is 0 Å². The standard InChI is InChI=1S/C10H14O4S.K/c1-6(2)8-5-4-7(3)10(9(8)11)15(12,13)14;/h4-6,11H,1-3H3,(H,12,13,14);/q;+1/p-1. The number of hydrogen-bond donors (Lipinski definition) is 1. The molecule has 0 aliphatic rings. The first kappa shape index (κ1) is 16.6. The van der Waals surface area contributed by atoms with Gasteiger partial charge in [-0.15, -0.1) is 0 Å². The minimum atomic E-state index is -4.62. The largest absolute Gasteiger partial charge is 1.00 e. The molecule has 0 atom stereocenters. The zero-order chi connectivity index (χ0) is 11.8. The third-order valence-corrected chi connectivity index (χ3v) is 3.25. The van der Waals surface area contributed by atoms with Crippen LogP contribution >= 0.6 is 0 Å². The van der Waals surface area contributed by atoms with Crippen molar-refractivity contribution in [2.75, 3.05) is 0 Å². The van der Waals surface area contributed by atoms with E-state index in [1.54, 1.807) is 6.07 Å². The van der Waals surface area contributed by atoms with Crippen LogP contribution in [0.15, 0.2) is 17.0 Å². The van der Waals surface area contributed by atoms with Gasteiger partial charge >= 0.3 is 51.4 Å². The molecule has 1 rings (SSSR count). The molecule has 4 nitrogen and oxygen atoms in total. The number of phenolic OH excluding ortho intramolecular Hbond substituents is 1. The zero-order valence-electron chi connectivity index (χ0n) is 9.81. The molecule has 0 heterocycles. The van der Waals surface area contributed by atoms with Crippen LogP contribution in [-0.4, -0.2) is 18.1 Å². The minimum absolute atomic E-state index is 0. The molecule has 0 aliphatic carbocycles. The predicted octanol–water partition coefficient (Wildman–Crippen LogP) is -1.27. The Hall–Kier alpha value is 0.566. The summed E-state index contributed by atoms with van der Waals surface area (Å²) < 4.78 is 32.8. The second kappa shape index (κ2) is 5.95. The van der Waals surface area contributed by atoms with E-state index in [2.05, 4.69) is 0 Å². The van der Waals surface area contributed by atoms with Crippen LogP contribution in [-0.2, 0) is 10.1 Å². The molecular weight excluding hydrogens is 255 g/mol. The summed E-state index contributed by atoms with van der Waals surface area (Å²) in [7, 11) is -4.62. The van der Waals surface area contributed by atoms with E-state index in [9.17, 15) is 18.1 Å². The molecule has 0 aliphatic heterocycles. The van der Waals surface area contributed by atoms with Gasteiger partial charge in [0.05, 0.1) is 4.90 Å². The van der Waals surface area contributed by atoms with Gasteiger partial charge in [-0.1, -0.05) is 26.0 Å². The van der Waals surface area contributed by atoms with Gasteiger partial charge in [0, 0.05) is 0 Å². The van der Waals surface area contributed by atoms with E-state index in [0.29, 0.717) is 5.56 Å². The number of hydrogen-bond acceptors (Lipinski definition) is 4. The maximum Gasteiger partial charge on any atom is 1.00 e. The van der Waals surface area contributed by atoms with Crippen LogP contribution in [0.25, 0.3) is 0 Å². The molecule has 16 heavy (non-hydrogen) atoms. The van der Waals surface area contributed by atoms with Gasteiger partial charge in [0.1, 0.15) is 15.9 Å². The summed E-state index contributed by atoms with van der Waals surface area (Å²) in [5.41, 5.74) is 0.738. The summed E-state index contributed by atoms with van der Waals surface area (Å²) in [6, 6.07) is 3.16. The van der Waals surface area contributed by atoms with E-state index in [4.69, 9.17) is 0 Å². The summed E-state index contributed by atoms with van der Waals surface area (Å²) in [6.07, 6.45) is 0. The van der Waals surface area contributed by atoms with Crippen molar-refractivity contribution in [3.63, 3.8) is 0 Å². The van der Waals surface area contributed by atoms with Crippen LogP contribution in [0, 0.1) is 6.92 Å². The van der Waals surface area contributed by atoms with E-state index in [0.717, 1.165) is 0 Å². The van der Waals surface area contributed by atoms with Gasteiger partial charge in [-0.25, -0.2) is 8.42 Å². The molecule has 0 fully saturated rings. The Labute approximate surface area is 138 Å². The molecule has 0 unspecified atom stereocenters. The SMILES string of the molecule is Cc1ccc(C(C)C)c(O)c1S(=O)(=O)[O-].[K+]. The van der Waals surface area contributed by atoms with Crippen molar-refractivity contribution in [2.45, 2.75) is 31.6 Å². The molecule has 1 N–H and O–H groups in total. The van der Waals surface area contributed by atoms with Crippen LogP contribution in [0.2, 0.25) is 0 Å². The second-order valence-corrected chi connectivity index (χ2v) is 5.07. The van der Waals surface area contributed by atoms with Crippen molar-refractivity contribution < 1.29 is 69.5 Å². The number of rotatable bonds is 2. The molecule has 1 aromatic carbocycles. The van der Waals surface area contributed by atoms with Gasteiger partial charge in [0.15, 0.2) is 0 Å². The summed E-state index contributed by atoms with van der Waals surface area (Å²) >= 11 is 0. The topological polar surface area (TPSA) is 77.4 Å². The predicted molar refractivity (Wildman–Crippen MR) is 54.9 cm³/mol. The molecule has 84 valence electrons. The van der Waals surface area contributed by atoms with Gasteiger partial charge in [-0.3, -0.25) is 0 Å². The molecule has 0 radical (unpaired) electrons. The third kappa shape index (κ3) is 3.53.